The molecule has 2 aliphatic heterocycles. The predicted octanol–water partition coefficient (Wildman–Crippen LogP) is 3.14. The highest BCUT2D eigenvalue weighted by molar-refractivity contribution is 8.14. The molecule has 3 unspecified atom stereocenters. The summed E-state index contributed by atoms with van der Waals surface area (Å²) >= 11 is 3.20. The number of thioether (sulfide) groups is 2. The lowest BCUT2D eigenvalue weighted by Crippen LogP contribution is -2.51. The second kappa shape index (κ2) is 11.0. The summed E-state index contributed by atoms with van der Waals surface area (Å²) in [5.74, 6) is 2.49. The van der Waals surface area contributed by atoms with Gasteiger partial charge in [0.2, 0.25) is 11.8 Å². The van der Waals surface area contributed by atoms with Crippen LogP contribution in [0, 0.1) is 5.92 Å². The monoisotopic (exact) mass is 530 g/mol. The van der Waals surface area contributed by atoms with Gasteiger partial charge < -0.3 is 10.6 Å². The molecule has 36 heavy (non-hydrogen) atoms. The van der Waals surface area contributed by atoms with E-state index in [1.54, 1.807) is 29.7 Å². The number of anilines is 1. The number of hydrogen-bond donors (Lipinski definition) is 2. The Morgan fingerprint density at radius 2 is 2.11 bits per heavy atom. The van der Waals surface area contributed by atoms with Crippen molar-refractivity contribution in [1.82, 2.24) is 30.0 Å². The Bertz CT molecular complexity index is 1170. The third-order valence-corrected chi connectivity index (χ3v) is 8.62. The maximum Gasteiger partial charge on any atom is 0.234 e. The van der Waals surface area contributed by atoms with E-state index in [0.717, 1.165) is 59.2 Å². The van der Waals surface area contributed by atoms with Gasteiger partial charge in [0.05, 0.1) is 36.1 Å². The quantitative estimate of drug-likeness (QED) is 0.375. The van der Waals surface area contributed by atoms with Gasteiger partial charge in [0, 0.05) is 24.8 Å². The van der Waals surface area contributed by atoms with Crippen LogP contribution in [0.5, 0.6) is 0 Å². The number of hydrogen-bond acceptors (Lipinski definition) is 9. The minimum atomic E-state index is -0.124. The van der Waals surface area contributed by atoms with Crippen molar-refractivity contribution in [3.63, 3.8) is 0 Å². The van der Waals surface area contributed by atoms with Crippen LogP contribution < -0.4 is 10.6 Å². The van der Waals surface area contributed by atoms with E-state index < -0.39 is 0 Å². The molecule has 0 bridgehead atoms. The summed E-state index contributed by atoms with van der Waals surface area (Å²) in [5, 5.41) is 13.3. The first-order valence-corrected chi connectivity index (χ1v) is 14.8. The van der Waals surface area contributed by atoms with Crippen LogP contribution in [0.1, 0.15) is 52.9 Å². The molecule has 1 saturated carbocycles. The van der Waals surface area contributed by atoms with Gasteiger partial charge in [0.1, 0.15) is 5.82 Å². The van der Waals surface area contributed by atoms with E-state index in [2.05, 4.69) is 41.5 Å². The van der Waals surface area contributed by atoms with Crippen LogP contribution in [0.15, 0.2) is 16.3 Å². The van der Waals surface area contributed by atoms with Crippen LogP contribution in [-0.4, -0.2) is 77.8 Å². The molecule has 1 saturated heterocycles. The zero-order valence-electron chi connectivity index (χ0n) is 21.1. The molecule has 3 atom stereocenters. The molecule has 2 aromatic rings. The molecular formula is C24H34N8O2S2. The number of rotatable bonds is 9. The summed E-state index contributed by atoms with van der Waals surface area (Å²) < 4.78 is 1.82. The van der Waals surface area contributed by atoms with E-state index in [0.29, 0.717) is 18.2 Å². The van der Waals surface area contributed by atoms with Gasteiger partial charge in [0.25, 0.3) is 0 Å². The van der Waals surface area contributed by atoms with E-state index in [1.807, 2.05) is 9.58 Å². The van der Waals surface area contributed by atoms with Gasteiger partial charge in [-0.15, -0.1) is 0 Å². The molecular weight excluding hydrogens is 496 g/mol. The standard InChI is InChI=1S/C24H34N8O2S2/c1-4-35-23-29-20(27-14(2)3)17-12-26-31(21(17)30-23)10-9-25-19(33)11-15-13-36-24-28-18-8-6-5-7-16(18)22(34)32(15)24/h12,14-16,18H,4-11,13H2,1-3H3,(H,25,33)(H,27,29,30). The highest BCUT2D eigenvalue weighted by atomic mass is 32.2. The molecule has 0 radical (unpaired) electrons. The average molecular weight is 531 g/mol. The molecule has 12 heteroatoms. The van der Waals surface area contributed by atoms with Crippen LogP contribution in [0.3, 0.4) is 0 Å². The minimum absolute atomic E-state index is 0.00677. The Kier molecular flexibility index (Phi) is 7.71. The highest BCUT2D eigenvalue weighted by Crippen LogP contribution is 2.38. The minimum Gasteiger partial charge on any atom is -0.367 e. The highest BCUT2D eigenvalue weighted by Gasteiger charge is 2.45. The molecule has 0 spiro atoms. The molecule has 2 N–H and O–H groups in total. The number of aromatic nitrogens is 4. The van der Waals surface area contributed by atoms with Crippen molar-refractivity contribution in [3.8, 4) is 0 Å². The zero-order valence-corrected chi connectivity index (χ0v) is 22.7. The lowest BCUT2D eigenvalue weighted by Gasteiger charge is -2.37. The molecule has 3 aliphatic rings. The first kappa shape index (κ1) is 25.3. The summed E-state index contributed by atoms with van der Waals surface area (Å²) in [6.45, 7) is 7.15. The van der Waals surface area contributed by atoms with E-state index in [1.165, 1.54) is 0 Å². The number of amidine groups is 1. The summed E-state index contributed by atoms with van der Waals surface area (Å²) in [4.78, 5) is 42.0. The second-order valence-corrected chi connectivity index (χ2v) is 12.0. The first-order valence-electron chi connectivity index (χ1n) is 12.9. The van der Waals surface area contributed by atoms with Gasteiger partial charge in [-0.3, -0.25) is 19.5 Å². The van der Waals surface area contributed by atoms with E-state index in [9.17, 15) is 9.59 Å². The zero-order chi connectivity index (χ0) is 25.2. The molecule has 5 rings (SSSR count). The van der Waals surface area contributed by atoms with Crippen LogP contribution in [0.4, 0.5) is 5.82 Å². The first-order chi connectivity index (χ1) is 17.4. The van der Waals surface area contributed by atoms with Crippen LogP contribution in [0.25, 0.3) is 11.0 Å². The fourth-order valence-corrected chi connectivity index (χ4v) is 6.89. The van der Waals surface area contributed by atoms with Crippen molar-refractivity contribution in [3.05, 3.63) is 6.20 Å². The van der Waals surface area contributed by atoms with Crippen molar-refractivity contribution >= 4 is 57.4 Å². The molecule has 194 valence electrons. The van der Waals surface area contributed by atoms with E-state index in [4.69, 9.17) is 9.98 Å². The van der Waals surface area contributed by atoms with Gasteiger partial charge in [0.15, 0.2) is 16.0 Å². The topological polar surface area (TPSA) is 117 Å². The number of nitrogens with one attached hydrogen (secondary N) is 2. The summed E-state index contributed by atoms with van der Waals surface area (Å²) in [5.41, 5.74) is 0.757. The maximum absolute atomic E-state index is 13.2. The fraction of sp³-hybridized carbons (Fsp3) is 0.667. The summed E-state index contributed by atoms with van der Waals surface area (Å²) in [6, 6.07) is 0.249. The van der Waals surface area contributed by atoms with Gasteiger partial charge >= 0.3 is 0 Å². The Hall–Kier alpha value is -2.34. The van der Waals surface area contributed by atoms with Gasteiger partial charge in [-0.05, 0) is 32.4 Å². The Labute approximate surface area is 219 Å². The molecule has 10 nitrogen and oxygen atoms in total. The van der Waals surface area contributed by atoms with Gasteiger partial charge in [-0.1, -0.05) is 43.3 Å². The van der Waals surface area contributed by atoms with Crippen LogP contribution in [-0.2, 0) is 16.1 Å². The van der Waals surface area contributed by atoms with Crippen molar-refractivity contribution in [1.29, 1.82) is 0 Å². The Balaban J connectivity index is 1.20. The molecule has 0 aromatic carbocycles. The second-order valence-electron chi connectivity index (χ2n) is 9.79. The molecule has 2 aromatic heterocycles. The smallest absolute Gasteiger partial charge is 0.234 e. The molecule has 2 fully saturated rings. The number of aliphatic imine (C=N–C) groups is 1. The largest absolute Gasteiger partial charge is 0.367 e. The lowest BCUT2D eigenvalue weighted by molar-refractivity contribution is -0.135. The van der Waals surface area contributed by atoms with Crippen molar-refractivity contribution in [2.45, 2.75) is 82.7 Å². The molecule has 4 heterocycles. The molecule has 2 amide bonds. The summed E-state index contributed by atoms with van der Waals surface area (Å²) in [7, 11) is 0. The van der Waals surface area contributed by atoms with Crippen LogP contribution in [0.2, 0.25) is 0 Å². The average Bonchev–Trinajstić information content (AvgIpc) is 3.44. The Morgan fingerprint density at radius 3 is 2.92 bits per heavy atom. The number of fused-ring (bicyclic) bond motifs is 3. The lowest BCUT2D eigenvalue weighted by atomic mass is 9.83. The van der Waals surface area contributed by atoms with E-state index in [-0.39, 0.29) is 42.3 Å². The number of carbonyl (C=O) groups excluding carboxylic acids is 2. The fourth-order valence-electron chi connectivity index (χ4n) is 5.13. The van der Waals surface area contributed by atoms with Crippen molar-refractivity contribution in [2.24, 2.45) is 10.9 Å². The van der Waals surface area contributed by atoms with Crippen LogP contribution >= 0.6 is 23.5 Å². The SMILES string of the molecule is CCSc1nc(NC(C)C)c2cnn(CCNC(=O)CC3CSC4=NC5CCCCC5C(=O)N43)c2n1. The Morgan fingerprint density at radius 1 is 1.28 bits per heavy atom. The van der Waals surface area contributed by atoms with Gasteiger partial charge in [-0.2, -0.15) is 5.10 Å². The summed E-state index contributed by atoms with van der Waals surface area (Å²) in [6.07, 6.45) is 6.21. The third-order valence-electron chi connectivity index (χ3n) is 6.78. The maximum atomic E-state index is 13.2. The number of amides is 2. The third kappa shape index (κ3) is 5.20. The van der Waals surface area contributed by atoms with Gasteiger partial charge in [-0.25, -0.2) is 14.6 Å². The normalized spacial score (nSPS) is 23.6. The van der Waals surface area contributed by atoms with E-state index >= 15 is 0 Å². The van der Waals surface area contributed by atoms with Crippen molar-refractivity contribution in [2.75, 3.05) is 23.4 Å². The van der Waals surface area contributed by atoms with Crippen molar-refractivity contribution < 1.29 is 9.59 Å². The predicted molar refractivity (Wildman–Crippen MR) is 144 cm³/mol. The molecule has 1 aliphatic carbocycles. The number of carbonyl (C=O) groups is 2. The number of nitrogens with zero attached hydrogens (tertiary/aromatic N) is 6.